The van der Waals surface area contributed by atoms with Crippen LogP contribution in [0.3, 0.4) is 0 Å². The normalized spacial score (nSPS) is 23.9. The summed E-state index contributed by atoms with van der Waals surface area (Å²) >= 11 is 61.9. The number of hydrogen-bond acceptors (Lipinski definition) is 0. The summed E-state index contributed by atoms with van der Waals surface area (Å²) in [5.74, 6) is 0.114. The Morgan fingerprint density at radius 1 is 0.652 bits per heavy atom. The second-order valence-corrected chi connectivity index (χ2v) is 10.4. The fourth-order valence-electron chi connectivity index (χ4n) is 1.83. The van der Waals surface area contributed by atoms with E-state index in [1.165, 1.54) is 0 Å². The van der Waals surface area contributed by atoms with Crippen LogP contribution in [-0.4, -0.2) is 20.4 Å². The summed E-state index contributed by atoms with van der Waals surface area (Å²) in [6.07, 6.45) is 0. The molecular weight excluding hydrogens is 555 g/mol. The van der Waals surface area contributed by atoms with Gasteiger partial charge in [-0.3, -0.25) is 0 Å². The Kier molecular flexibility index (Phi) is 7.33. The molecule has 0 fully saturated rings. The summed E-state index contributed by atoms with van der Waals surface area (Å²) in [7, 11) is 0. The Morgan fingerprint density at radius 2 is 0.957 bits per heavy atom. The number of alkyl halides is 6. The average Bonchev–Trinajstić information content (AvgIpc) is 2.75. The molecule has 0 atom stereocenters. The van der Waals surface area contributed by atoms with Crippen molar-refractivity contribution in [2.24, 2.45) is 0 Å². The molecule has 0 saturated carbocycles. The van der Waals surface area contributed by atoms with Crippen LogP contribution in [0.1, 0.15) is 0 Å². The van der Waals surface area contributed by atoms with Crippen LogP contribution in [-0.2, 0) is 15.0 Å². The Morgan fingerprint density at radius 3 is 1.22 bits per heavy atom. The molecule has 0 amide bonds. The SMILES string of the molecule is ClCC1=[C]([Fe][C]2=C(CCl)C(Cl)=C(Cl)C2(Cl)Cl)C(Cl)(Cl)C(Cl)=C1Cl. The molecule has 0 saturated heterocycles. The van der Waals surface area contributed by atoms with Crippen LogP contribution in [0.5, 0.6) is 0 Å². The molecule has 0 aromatic carbocycles. The molecular formula is C12H4Cl10Fe. The number of allylic oxidation sites excluding steroid dienone is 8. The van der Waals surface area contributed by atoms with E-state index in [4.69, 9.17) is 116 Å². The van der Waals surface area contributed by atoms with E-state index in [1.54, 1.807) is 0 Å². The first-order valence-electron chi connectivity index (χ1n) is 5.61. The maximum absolute atomic E-state index is 6.34. The van der Waals surface area contributed by atoms with Gasteiger partial charge in [-0.15, -0.1) is 0 Å². The third-order valence-electron chi connectivity index (χ3n) is 2.96. The summed E-state index contributed by atoms with van der Waals surface area (Å²) in [4.78, 5) is 0. The van der Waals surface area contributed by atoms with Crippen molar-refractivity contribution in [3.8, 4) is 0 Å². The van der Waals surface area contributed by atoms with Gasteiger partial charge in [-0.2, -0.15) is 0 Å². The van der Waals surface area contributed by atoms with E-state index in [2.05, 4.69) is 0 Å². The molecule has 2 aliphatic carbocycles. The molecule has 0 N–H and O–H groups in total. The molecule has 0 bridgehead atoms. The van der Waals surface area contributed by atoms with Crippen LogP contribution < -0.4 is 0 Å². The van der Waals surface area contributed by atoms with Gasteiger partial charge in [0, 0.05) is 0 Å². The molecule has 2 aliphatic rings. The fourth-order valence-corrected chi connectivity index (χ4v) is 7.31. The molecule has 0 aromatic heterocycles. The topological polar surface area (TPSA) is 0 Å². The predicted molar refractivity (Wildman–Crippen MR) is 102 cm³/mol. The molecule has 0 spiro atoms. The number of halogens is 10. The average molecular weight is 559 g/mol. The van der Waals surface area contributed by atoms with Gasteiger partial charge in [0.2, 0.25) is 0 Å². The molecule has 130 valence electrons. The van der Waals surface area contributed by atoms with Crippen LogP contribution in [0.2, 0.25) is 0 Å². The second kappa shape index (κ2) is 7.78. The molecule has 2 rings (SSSR count). The van der Waals surface area contributed by atoms with Gasteiger partial charge in [0.25, 0.3) is 0 Å². The molecule has 0 aliphatic heterocycles. The zero-order valence-electron chi connectivity index (χ0n) is 10.5. The van der Waals surface area contributed by atoms with Gasteiger partial charge in [0.15, 0.2) is 0 Å². The summed E-state index contributed by atoms with van der Waals surface area (Å²) in [5.41, 5.74) is 1.01. The monoisotopic (exact) mass is 554 g/mol. The first kappa shape index (κ1) is 21.7. The van der Waals surface area contributed by atoms with Crippen molar-refractivity contribution in [2.45, 2.75) is 8.67 Å². The van der Waals surface area contributed by atoms with Gasteiger partial charge < -0.3 is 0 Å². The van der Waals surface area contributed by atoms with E-state index >= 15 is 0 Å². The molecule has 23 heavy (non-hydrogen) atoms. The van der Waals surface area contributed by atoms with E-state index < -0.39 is 8.67 Å². The Bertz CT molecular complexity index is 624. The van der Waals surface area contributed by atoms with Crippen LogP contribution in [0.4, 0.5) is 0 Å². The van der Waals surface area contributed by atoms with Gasteiger partial charge in [0.1, 0.15) is 0 Å². The van der Waals surface area contributed by atoms with Crippen molar-refractivity contribution < 1.29 is 15.0 Å². The quantitative estimate of drug-likeness (QED) is 0.244. The van der Waals surface area contributed by atoms with Crippen molar-refractivity contribution >= 4 is 116 Å². The van der Waals surface area contributed by atoms with E-state index in [0.29, 0.717) is 20.1 Å². The maximum atomic E-state index is 6.34. The minimum atomic E-state index is -1.54. The van der Waals surface area contributed by atoms with E-state index in [0.717, 1.165) is 0 Å². The summed E-state index contributed by atoms with van der Waals surface area (Å²) in [6.45, 7) is 0. The van der Waals surface area contributed by atoms with Crippen molar-refractivity contribution in [2.75, 3.05) is 11.8 Å². The van der Waals surface area contributed by atoms with Crippen LogP contribution in [0.15, 0.2) is 40.2 Å². The Balaban J connectivity index is 2.55. The van der Waals surface area contributed by atoms with E-state index in [9.17, 15) is 0 Å². The number of rotatable bonds is 4. The minimum absolute atomic E-state index is 0.0571. The van der Waals surface area contributed by atoms with Crippen LogP contribution >= 0.6 is 116 Å². The van der Waals surface area contributed by atoms with Gasteiger partial charge in [-0.25, -0.2) is 0 Å². The summed E-state index contributed by atoms with van der Waals surface area (Å²) in [5, 5.41) is 0.540. The molecule has 0 unspecified atom stereocenters. The van der Waals surface area contributed by atoms with E-state index in [1.807, 2.05) is 0 Å². The fraction of sp³-hybridized carbons (Fsp3) is 0.333. The number of hydrogen-bond donors (Lipinski definition) is 0. The van der Waals surface area contributed by atoms with Crippen molar-refractivity contribution in [3.63, 3.8) is 0 Å². The Hall–Kier alpha value is 2.38. The van der Waals surface area contributed by atoms with Crippen molar-refractivity contribution in [1.82, 2.24) is 0 Å². The van der Waals surface area contributed by atoms with Crippen LogP contribution in [0.25, 0.3) is 0 Å². The molecule has 0 heterocycles. The third-order valence-corrected chi connectivity index (χ3v) is 10.0. The zero-order valence-corrected chi connectivity index (χ0v) is 19.2. The Labute approximate surface area is 189 Å². The second-order valence-electron chi connectivity index (χ2n) is 4.32. The van der Waals surface area contributed by atoms with Gasteiger partial charge in [-0.1, -0.05) is 0 Å². The van der Waals surface area contributed by atoms with Gasteiger partial charge in [-0.05, 0) is 0 Å². The first-order chi connectivity index (χ1) is 10.5. The molecule has 11 heteroatoms. The zero-order chi connectivity index (χ0) is 17.7. The van der Waals surface area contributed by atoms with Crippen molar-refractivity contribution in [3.05, 3.63) is 40.2 Å². The molecule has 0 radical (unpaired) electrons. The summed E-state index contributed by atoms with van der Waals surface area (Å²) in [6, 6.07) is 0. The molecule has 0 nitrogen and oxygen atoms in total. The van der Waals surface area contributed by atoms with Crippen LogP contribution in [0, 0.1) is 0 Å². The van der Waals surface area contributed by atoms with E-state index in [-0.39, 0.29) is 46.8 Å². The summed E-state index contributed by atoms with van der Waals surface area (Å²) < 4.78 is -2.16. The first-order valence-corrected chi connectivity index (χ1v) is 10.8. The van der Waals surface area contributed by atoms with Crippen molar-refractivity contribution in [1.29, 1.82) is 0 Å². The van der Waals surface area contributed by atoms with Gasteiger partial charge >= 0.3 is 192 Å². The molecule has 0 aromatic rings. The standard InChI is InChI=1S/2C6H2Cl5.Fe/c2*7-2-3-1-6(10,11)5(9)4(3)8;/h2*2H2;. The predicted octanol–water partition coefficient (Wildman–Crippen LogP) is 7.81. The van der Waals surface area contributed by atoms with Gasteiger partial charge in [0.05, 0.1) is 0 Å². The third kappa shape index (κ3) is 3.58.